The molecule has 1 amide bonds. The van der Waals surface area contributed by atoms with Gasteiger partial charge in [0.2, 0.25) is 11.9 Å². The monoisotopic (exact) mass is 618 g/mol. The third-order valence-corrected chi connectivity index (χ3v) is 7.44. The van der Waals surface area contributed by atoms with Crippen LogP contribution >= 0.6 is 11.6 Å². The van der Waals surface area contributed by atoms with Crippen molar-refractivity contribution in [2.75, 3.05) is 46.6 Å². The van der Waals surface area contributed by atoms with Crippen LogP contribution in [0.1, 0.15) is 21.5 Å². The number of carbonyl (C=O) groups excluding carboxylic acids is 1. The molecular weight excluding hydrogens is 593 g/mol. The van der Waals surface area contributed by atoms with Gasteiger partial charge in [0, 0.05) is 66.8 Å². The van der Waals surface area contributed by atoms with E-state index in [1.165, 1.54) is 6.07 Å². The fourth-order valence-corrected chi connectivity index (χ4v) is 4.95. The van der Waals surface area contributed by atoms with E-state index in [0.29, 0.717) is 65.7 Å². The molecule has 0 atom stereocenters. The Labute approximate surface area is 255 Å². The molecule has 0 radical (unpaired) electrons. The summed E-state index contributed by atoms with van der Waals surface area (Å²) in [6.45, 7) is 2.75. The van der Waals surface area contributed by atoms with Crippen molar-refractivity contribution in [3.8, 4) is 0 Å². The van der Waals surface area contributed by atoms with E-state index in [0.717, 1.165) is 17.7 Å². The first-order valence-corrected chi connectivity index (χ1v) is 14.2. The van der Waals surface area contributed by atoms with Crippen molar-refractivity contribution >= 4 is 51.8 Å². The molecular formula is C31H26ClF3N8O. The number of alkyl halides is 3. The fraction of sp³-hybridized carbons (Fsp3) is 0.194. The van der Waals surface area contributed by atoms with Crippen LogP contribution in [0.15, 0.2) is 85.2 Å². The highest BCUT2D eigenvalue weighted by molar-refractivity contribution is 6.30. The van der Waals surface area contributed by atoms with Crippen molar-refractivity contribution < 1.29 is 18.0 Å². The lowest BCUT2D eigenvalue weighted by Gasteiger charge is -2.34. The van der Waals surface area contributed by atoms with E-state index in [9.17, 15) is 18.0 Å². The van der Waals surface area contributed by atoms with Gasteiger partial charge in [0.25, 0.3) is 5.91 Å². The van der Waals surface area contributed by atoms with E-state index in [2.05, 4.69) is 35.5 Å². The number of amides is 1. The second-order valence-corrected chi connectivity index (χ2v) is 10.6. The zero-order valence-electron chi connectivity index (χ0n) is 23.2. The Balaban J connectivity index is 1.20. The summed E-state index contributed by atoms with van der Waals surface area (Å²) in [5.41, 5.74) is 1.53. The number of nitrogens with zero attached hydrogens (tertiary/aromatic N) is 6. The zero-order valence-corrected chi connectivity index (χ0v) is 24.0. The molecule has 3 heterocycles. The van der Waals surface area contributed by atoms with Gasteiger partial charge >= 0.3 is 6.18 Å². The van der Waals surface area contributed by atoms with Gasteiger partial charge in [-0.05, 0) is 66.2 Å². The maximum absolute atomic E-state index is 13.6. The Morgan fingerprint density at radius 1 is 0.841 bits per heavy atom. The summed E-state index contributed by atoms with van der Waals surface area (Å²) >= 11 is 5.90. The van der Waals surface area contributed by atoms with E-state index in [1.807, 2.05) is 17.0 Å². The first-order chi connectivity index (χ1) is 21.2. The number of nitrogens with one attached hydrogen (secondary N) is 2. The molecule has 2 N–H and O–H groups in total. The molecule has 1 saturated heterocycles. The molecule has 0 unspecified atom stereocenters. The van der Waals surface area contributed by atoms with Crippen molar-refractivity contribution in [2.45, 2.75) is 12.7 Å². The highest BCUT2D eigenvalue weighted by Crippen LogP contribution is 2.34. The lowest BCUT2D eigenvalue weighted by molar-refractivity contribution is -0.137. The molecule has 0 spiro atoms. The van der Waals surface area contributed by atoms with Crippen LogP contribution in [0.4, 0.5) is 36.6 Å². The largest absolute Gasteiger partial charge is 0.416 e. The second kappa shape index (κ2) is 12.3. The van der Waals surface area contributed by atoms with Crippen molar-refractivity contribution in [1.29, 1.82) is 0 Å². The highest BCUT2D eigenvalue weighted by atomic mass is 35.5. The average molecular weight is 619 g/mol. The Hall–Kier alpha value is -4.97. The van der Waals surface area contributed by atoms with Crippen LogP contribution in [0.3, 0.4) is 0 Å². The Morgan fingerprint density at radius 2 is 1.50 bits per heavy atom. The minimum Gasteiger partial charge on any atom is -0.365 e. The van der Waals surface area contributed by atoms with Crippen LogP contribution < -0.4 is 20.4 Å². The molecule has 6 rings (SSSR count). The number of anilines is 4. The second-order valence-electron chi connectivity index (χ2n) is 10.1. The zero-order chi connectivity index (χ0) is 30.7. The summed E-state index contributed by atoms with van der Waals surface area (Å²) in [7, 11) is 0. The van der Waals surface area contributed by atoms with Gasteiger partial charge in [-0.2, -0.15) is 18.2 Å². The fourth-order valence-electron chi connectivity index (χ4n) is 4.83. The number of hydrogen-bond acceptors (Lipinski definition) is 8. The van der Waals surface area contributed by atoms with Gasteiger partial charge in [-0.3, -0.25) is 4.79 Å². The van der Waals surface area contributed by atoms with Gasteiger partial charge in [0.1, 0.15) is 5.82 Å². The Kier molecular flexibility index (Phi) is 8.16. The standard InChI is InChI=1S/C31H26ClF3N8O/c32-23-7-4-21(5-8-23)28(44)39-24-9-2-20(3-10-24)19-38-27-25-18-22(31(33,34)35)6-11-26(25)40-30(41-27)43-16-14-42(15-17-43)29-36-12-1-13-37-29/h1-13,18H,14-17,19H2,(H,39,44)(H,38,40,41). The maximum Gasteiger partial charge on any atom is 0.416 e. The number of aromatic nitrogens is 4. The van der Waals surface area contributed by atoms with Gasteiger partial charge in [0.15, 0.2) is 0 Å². The van der Waals surface area contributed by atoms with E-state index in [4.69, 9.17) is 11.6 Å². The topological polar surface area (TPSA) is 99.2 Å². The SMILES string of the molecule is O=C(Nc1ccc(CNc2nc(N3CCN(c4ncccn4)CC3)nc3ccc(C(F)(F)F)cc23)cc1)c1ccc(Cl)cc1. The molecule has 0 bridgehead atoms. The lowest BCUT2D eigenvalue weighted by atomic mass is 10.1. The average Bonchev–Trinajstić information content (AvgIpc) is 3.04. The van der Waals surface area contributed by atoms with Gasteiger partial charge < -0.3 is 20.4 Å². The summed E-state index contributed by atoms with van der Waals surface area (Å²) in [4.78, 5) is 34.5. The molecule has 44 heavy (non-hydrogen) atoms. The quantitative estimate of drug-likeness (QED) is 0.220. The van der Waals surface area contributed by atoms with Gasteiger partial charge in [-0.1, -0.05) is 23.7 Å². The van der Waals surface area contributed by atoms with Gasteiger partial charge in [0.05, 0.1) is 11.1 Å². The summed E-state index contributed by atoms with van der Waals surface area (Å²) in [6, 6.07) is 19.0. The third-order valence-electron chi connectivity index (χ3n) is 7.19. The number of hydrogen-bond donors (Lipinski definition) is 2. The third kappa shape index (κ3) is 6.65. The number of rotatable bonds is 7. The van der Waals surface area contributed by atoms with Crippen LogP contribution in [0, 0.1) is 0 Å². The summed E-state index contributed by atoms with van der Waals surface area (Å²) in [5, 5.41) is 6.86. The smallest absolute Gasteiger partial charge is 0.365 e. The van der Waals surface area contributed by atoms with E-state index >= 15 is 0 Å². The first kappa shape index (κ1) is 29.1. The van der Waals surface area contributed by atoms with Crippen molar-refractivity contribution in [3.05, 3.63) is 107 Å². The summed E-state index contributed by atoms with van der Waals surface area (Å²) in [6.07, 6.45) is -1.12. The summed E-state index contributed by atoms with van der Waals surface area (Å²) in [5.74, 6) is 1.09. The maximum atomic E-state index is 13.6. The Bertz CT molecular complexity index is 1760. The number of benzene rings is 3. The van der Waals surface area contributed by atoms with E-state index in [1.54, 1.807) is 54.9 Å². The molecule has 1 fully saturated rings. The van der Waals surface area contributed by atoms with Crippen molar-refractivity contribution in [3.63, 3.8) is 0 Å². The molecule has 1 aliphatic heterocycles. The Morgan fingerprint density at radius 3 is 2.16 bits per heavy atom. The van der Waals surface area contributed by atoms with E-state index < -0.39 is 11.7 Å². The molecule has 1 aliphatic rings. The molecule has 5 aromatic rings. The molecule has 224 valence electrons. The van der Waals surface area contributed by atoms with Crippen molar-refractivity contribution in [2.24, 2.45) is 0 Å². The number of piperazine rings is 1. The van der Waals surface area contributed by atoms with Crippen LogP contribution in [-0.4, -0.2) is 52.0 Å². The normalized spacial score (nSPS) is 13.6. The molecule has 0 aliphatic carbocycles. The predicted octanol–water partition coefficient (Wildman–Crippen LogP) is 6.28. The minimum atomic E-state index is -4.51. The van der Waals surface area contributed by atoms with Gasteiger partial charge in [-0.25, -0.2) is 15.0 Å². The number of carbonyl (C=O) groups is 1. The predicted molar refractivity (Wildman–Crippen MR) is 164 cm³/mol. The highest BCUT2D eigenvalue weighted by Gasteiger charge is 2.31. The van der Waals surface area contributed by atoms with E-state index in [-0.39, 0.29) is 17.8 Å². The summed E-state index contributed by atoms with van der Waals surface area (Å²) < 4.78 is 40.7. The number of halogens is 4. The molecule has 13 heteroatoms. The minimum absolute atomic E-state index is 0.270. The molecule has 9 nitrogen and oxygen atoms in total. The van der Waals surface area contributed by atoms with Crippen LogP contribution in [0.2, 0.25) is 5.02 Å². The van der Waals surface area contributed by atoms with Crippen LogP contribution in [0.5, 0.6) is 0 Å². The molecule has 2 aromatic heterocycles. The lowest BCUT2D eigenvalue weighted by Crippen LogP contribution is -2.47. The van der Waals surface area contributed by atoms with Gasteiger partial charge in [-0.15, -0.1) is 0 Å². The van der Waals surface area contributed by atoms with Crippen LogP contribution in [-0.2, 0) is 12.7 Å². The molecule has 0 saturated carbocycles. The first-order valence-electron chi connectivity index (χ1n) is 13.8. The number of fused-ring (bicyclic) bond motifs is 1. The van der Waals surface area contributed by atoms with Crippen molar-refractivity contribution in [1.82, 2.24) is 19.9 Å². The molecule has 3 aromatic carbocycles. The van der Waals surface area contributed by atoms with Crippen LogP contribution in [0.25, 0.3) is 10.9 Å².